The molecular weight excluding hydrogens is 294 g/mol. The lowest BCUT2D eigenvalue weighted by Gasteiger charge is -2.40. The van der Waals surface area contributed by atoms with Crippen LogP contribution in [-0.2, 0) is 0 Å². The summed E-state index contributed by atoms with van der Waals surface area (Å²) < 4.78 is 0. The van der Waals surface area contributed by atoms with Crippen LogP contribution in [0.4, 0.5) is 0 Å². The van der Waals surface area contributed by atoms with Gasteiger partial charge in [0, 0.05) is 10.9 Å². The van der Waals surface area contributed by atoms with E-state index in [9.17, 15) is 0 Å². The van der Waals surface area contributed by atoms with Crippen LogP contribution in [-0.4, -0.2) is 11.9 Å². The minimum atomic E-state index is 0.168. The highest BCUT2D eigenvalue weighted by Crippen LogP contribution is 2.45. The van der Waals surface area contributed by atoms with E-state index in [1.165, 1.54) is 11.1 Å². The first-order valence-corrected chi connectivity index (χ1v) is 8.00. The molecule has 0 saturated carbocycles. The third-order valence-electron chi connectivity index (χ3n) is 4.14. The lowest BCUT2D eigenvalue weighted by molar-refractivity contribution is 0.189. The summed E-state index contributed by atoms with van der Waals surface area (Å²) in [5.74, 6) is 0. The SMILES string of the molecule is CN1C(c2ccccc2)CC(S)=C(S)C1c1ccccc1. The zero-order valence-electron chi connectivity index (χ0n) is 12.0. The lowest BCUT2D eigenvalue weighted by Crippen LogP contribution is -2.33. The van der Waals surface area contributed by atoms with E-state index in [2.05, 4.69) is 66.5 Å². The summed E-state index contributed by atoms with van der Waals surface area (Å²) in [4.78, 5) is 4.53. The molecule has 2 atom stereocenters. The Kier molecular flexibility index (Phi) is 4.43. The molecule has 2 aromatic rings. The molecular formula is C18H19NS2. The molecule has 0 aliphatic carbocycles. The van der Waals surface area contributed by atoms with Crippen molar-refractivity contribution < 1.29 is 0 Å². The normalized spacial score (nSPS) is 23.4. The first kappa shape index (κ1) is 14.8. The molecule has 1 heterocycles. The lowest BCUT2D eigenvalue weighted by atomic mass is 9.92. The van der Waals surface area contributed by atoms with Crippen LogP contribution in [0.25, 0.3) is 0 Å². The Balaban J connectivity index is 2.02. The van der Waals surface area contributed by atoms with Crippen LogP contribution in [0.3, 0.4) is 0 Å². The summed E-state index contributed by atoms with van der Waals surface area (Å²) in [5, 5.41) is 0. The largest absolute Gasteiger partial charge is 0.288 e. The van der Waals surface area contributed by atoms with E-state index in [1.54, 1.807) is 0 Å². The smallest absolute Gasteiger partial charge is 0.0669 e. The maximum absolute atomic E-state index is 4.74. The monoisotopic (exact) mass is 313 g/mol. The molecule has 3 rings (SSSR count). The quantitative estimate of drug-likeness (QED) is 0.748. The van der Waals surface area contributed by atoms with Gasteiger partial charge < -0.3 is 0 Å². The molecule has 0 bridgehead atoms. The van der Waals surface area contributed by atoms with Gasteiger partial charge in [0.05, 0.1) is 6.04 Å². The van der Waals surface area contributed by atoms with Crippen LogP contribution in [0.15, 0.2) is 70.5 Å². The Morgan fingerprint density at radius 3 is 1.95 bits per heavy atom. The first-order chi connectivity index (χ1) is 10.2. The number of hydrogen-bond acceptors (Lipinski definition) is 3. The number of thiol groups is 2. The highest BCUT2D eigenvalue weighted by atomic mass is 32.1. The Labute approximate surface area is 137 Å². The van der Waals surface area contributed by atoms with Crippen LogP contribution in [0, 0.1) is 0 Å². The third-order valence-corrected chi connectivity index (χ3v) is 5.25. The van der Waals surface area contributed by atoms with E-state index < -0.39 is 0 Å². The molecule has 1 nitrogen and oxygen atoms in total. The molecule has 3 heteroatoms. The second-order valence-electron chi connectivity index (χ2n) is 5.44. The predicted molar refractivity (Wildman–Crippen MR) is 95.7 cm³/mol. The summed E-state index contributed by atoms with van der Waals surface area (Å²) in [5.41, 5.74) is 2.59. The standard InChI is InChI=1S/C18H19NS2/c1-19-15(13-8-4-2-5-9-13)12-16(20)18(21)17(19)14-10-6-3-7-11-14/h2-11,15,17,20-21H,12H2,1H3. The van der Waals surface area contributed by atoms with Gasteiger partial charge >= 0.3 is 0 Å². The molecule has 2 aromatic carbocycles. The number of rotatable bonds is 2. The Bertz CT molecular complexity index is 637. The number of nitrogens with zero attached hydrogens (tertiary/aromatic N) is 1. The van der Waals surface area contributed by atoms with Crippen molar-refractivity contribution in [3.8, 4) is 0 Å². The predicted octanol–water partition coefficient (Wildman–Crippen LogP) is 4.88. The topological polar surface area (TPSA) is 3.24 Å². The second kappa shape index (κ2) is 6.30. The fourth-order valence-corrected chi connectivity index (χ4v) is 3.74. The van der Waals surface area contributed by atoms with Crippen LogP contribution in [0.2, 0.25) is 0 Å². The molecule has 0 amide bonds. The second-order valence-corrected chi connectivity index (χ2v) is 6.46. The molecule has 1 aliphatic rings. The van der Waals surface area contributed by atoms with Crippen molar-refractivity contribution in [2.75, 3.05) is 7.05 Å². The minimum absolute atomic E-state index is 0.168. The molecule has 2 unspecified atom stereocenters. The molecule has 0 N–H and O–H groups in total. The number of benzene rings is 2. The van der Waals surface area contributed by atoms with Crippen molar-refractivity contribution in [3.63, 3.8) is 0 Å². The maximum Gasteiger partial charge on any atom is 0.0669 e. The summed E-state index contributed by atoms with van der Waals surface area (Å²) in [6.45, 7) is 0. The third kappa shape index (κ3) is 2.91. The van der Waals surface area contributed by atoms with E-state index in [4.69, 9.17) is 25.3 Å². The van der Waals surface area contributed by atoms with Crippen LogP contribution in [0.5, 0.6) is 0 Å². The first-order valence-electron chi connectivity index (χ1n) is 7.11. The van der Waals surface area contributed by atoms with E-state index >= 15 is 0 Å². The van der Waals surface area contributed by atoms with E-state index in [1.807, 2.05) is 6.07 Å². The van der Waals surface area contributed by atoms with Crippen molar-refractivity contribution >= 4 is 25.3 Å². The van der Waals surface area contributed by atoms with Gasteiger partial charge in [0.2, 0.25) is 0 Å². The van der Waals surface area contributed by atoms with Crippen molar-refractivity contribution in [1.29, 1.82) is 0 Å². The van der Waals surface area contributed by atoms with E-state index in [-0.39, 0.29) is 6.04 Å². The van der Waals surface area contributed by atoms with Crippen molar-refractivity contribution in [3.05, 3.63) is 81.6 Å². The van der Waals surface area contributed by atoms with Crippen molar-refractivity contribution in [2.24, 2.45) is 0 Å². The van der Waals surface area contributed by atoms with Gasteiger partial charge in [-0.3, -0.25) is 4.90 Å². The van der Waals surface area contributed by atoms with Gasteiger partial charge in [0.15, 0.2) is 0 Å². The zero-order chi connectivity index (χ0) is 14.8. The zero-order valence-corrected chi connectivity index (χ0v) is 13.8. The van der Waals surface area contributed by atoms with Gasteiger partial charge in [0.25, 0.3) is 0 Å². The van der Waals surface area contributed by atoms with Crippen molar-refractivity contribution in [1.82, 2.24) is 4.90 Å². The number of hydrogen-bond donors (Lipinski definition) is 2. The molecule has 0 radical (unpaired) electrons. The average Bonchev–Trinajstić information content (AvgIpc) is 2.53. The fraction of sp³-hybridized carbons (Fsp3) is 0.222. The molecule has 0 fully saturated rings. The van der Waals surface area contributed by atoms with Gasteiger partial charge in [-0.1, -0.05) is 60.7 Å². The fourth-order valence-electron chi connectivity index (χ4n) is 3.02. The summed E-state index contributed by atoms with van der Waals surface area (Å²) in [7, 11) is 2.17. The molecule has 0 spiro atoms. The number of likely N-dealkylation sites (N-methyl/N-ethyl adjacent to an activating group) is 1. The molecule has 0 saturated heterocycles. The van der Waals surface area contributed by atoms with Gasteiger partial charge in [0.1, 0.15) is 0 Å². The van der Waals surface area contributed by atoms with Gasteiger partial charge in [-0.05, 0) is 29.5 Å². The molecule has 21 heavy (non-hydrogen) atoms. The summed E-state index contributed by atoms with van der Waals surface area (Å²) in [6.07, 6.45) is 0.909. The maximum atomic E-state index is 4.74. The van der Waals surface area contributed by atoms with Gasteiger partial charge in [-0.2, -0.15) is 0 Å². The van der Waals surface area contributed by atoms with Gasteiger partial charge in [-0.15, -0.1) is 25.3 Å². The van der Waals surface area contributed by atoms with Crippen LogP contribution < -0.4 is 0 Å². The Hall–Kier alpha value is -1.16. The van der Waals surface area contributed by atoms with Crippen LogP contribution in [0.1, 0.15) is 29.6 Å². The molecule has 1 aliphatic heterocycles. The van der Waals surface area contributed by atoms with E-state index in [0.717, 1.165) is 16.2 Å². The molecule has 108 valence electrons. The van der Waals surface area contributed by atoms with Crippen molar-refractivity contribution in [2.45, 2.75) is 18.5 Å². The Morgan fingerprint density at radius 2 is 1.38 bits per heavy atom. The summed E-state index contributed by atoms with van der Waals surface area (Å²) >= 11 is 9.43. The summed E-state index contributed by atoms with van der Waals surface area (Å²) in [6, 6.07) is 21.6. The molecule has 0 aromatic heterocycles. The highest BCUT2D eigenvalue weighted by Gasteiger charge is 2.33. The van der Waals surface area contributed by atoms with E-state index in [0.29, 0.717) is 6.04 Å². The average molecular weight is 313 g/mol. The van der Waals surface area contributed by atoms with Gasteiger partial charge in [-0.25, -0.2) is 0 Å². The van der Waals surface area contributed by atoms with Crippen LogP contribution >= 0.6 is 25.3 Å². The minimum Gasteiger partial charge on any atom is -0.288 e. The Morgan fingerprint density at radius 1 is 0.857 bits per heavy atom. The highest BCUT2D eigenvalue weighted by molar-refractivity contribution is 7.88.